The van der Waals surface area contributed by atoms with Gasteiger partial charge in [0.1, 0.15) is 0 Å². The highest BCUT2D eigenvalue weighted by Crippen LogP contribution is 2.23. The molecular weight excluding hydrogens is 140 g/mol. The maximum absolute atomic E-state index is 11.0. The van der Waals surface area contributed by atoms with Gasteiger partial charge in [-0.05, 0) is 5.78 Å². The Bertz CT molecular complexity index is 329. The number of rotatable bonds is 0. The molecule has 0 amide bonds. The second kappa shape index (κ2) is 2.02. The molecule has 0 N–H and O–H groups in total. The fourth-order valence-corrected chi connectivity index (χ4v) is 1.16. The standard InChI is InChI=1S/C9H4O2/c10-8-4-5-9(11)7-3-1-2-6(7)8/h2,4H,3H2/q-2. The fourth-order valence-electron chi connectivity index (χ4n) is 1.16. The van der Waals surface area contributed by atoms with E-state index in [1.807, 2.05) is 0 Å². The van der Waals surface area contributed by atoms with Gasteiger partial charge in [-0.1, -0.05) is 0 Å². The molecule has 0 fully saturated rings. The quantitative estimate of drug-likeness (QED) is 0.367. The lowest BCUT2D eigenvalue weighted by atomic mass is 9.97. The van der Waals surface area contributed by atoms with Crippen molar-refractivity contribution in [2.75, 3.05) is 0 Å². The Morgan fingerprint density at radius 1 is 1.27 bits per heavy atom. The SMILES string of the molecule is O=C1[C-]=CC(=O)C2=C1C[C-]=C2. The van der Waals surface area contributed by atoms with Crippen molar-refractivity contribution in [1.29, 1.82) is 0 Å². The summed E-state index contributed by atoms with van der Waals surface area (Å²) in [5, 5.41) is 0. The smallest absolute Gasteiger partial charge is 0.0530 e. The van der Waals surface area contributed by atoms with Crippen LogP contribution in [0.25, 0.3) is 0 Å². The second-order valence-corrected chi connectivity index (χ2v) is 2.40. The summed E-state index contributed by atoms with van der Waals surface area (Å²) in [4.78, 5) is 22.0. The molecule has 11 heavy (non-hydrogen) atoms. The summed E-state index contributed by atoms with van der Waals surface area (Å²) in [6.07, 6.45) is 8.42. The predicted octanol–water partition coefficient (Wildman–Crippen LogP) is 0.557. The number of hydrogen-bond acceptors (Lipinski definition) is 2. The van der Waals surface area contributed by atoms with E-state index in [2.05, 4.69) is 12.2 Å². The molecule has 0 spiro atoms. The molecular formula is C9H4O2-2. The number of Topliss-reactive ketones (excluding diaryl/α,β-unsaturated/α-hetero) is 1. The number of allylic oxidation sites excluding steroid dienone is 6. The summed E-state index contributed by atoms with van der Waals surface area (Å²) >= 11 is 0. The Morgan fingerprint density at radius 2 is 2.09 bits per heavy atom. The molecule has 2 aliphatic rings. The van der Waals surface area contributed by atoms with Crippen molar-refractivity contribution in [3.8, 4) is 0 Å². The Morgan fingerprint density at radius 3 is 2.82 bits per heavy atom. The average Bonchev–Trinajstić information content (AvgIpc) is 2.45. The second-order valence-electron chi connectivity index (χ2n) is 2.40. The van der Waals surface area contributed by atoms with Crippen LogP contribution in [0, 0.1) is 12.2 Å². The minimum atomic E-state index is -0.180. The van der Waals surface area contributed by atoms with Crippen LogP contribution in [0.4, 0.5) is 0 Å². The molecule has 2 nitrogen and oxygen atoms in total. The molecule has 2 heteroatoms. The highest BCUT2D eigenvalue weighted by atomic mass is 16.1. The van der Waals surface area contributed by atoms with E-state index in [0.29, 0.717) is 17.6 Å². The van der Waals surface area contributed by atoms with Gasteiger partial charge in [-0.3, -0.25) is 12.2 Å². The van der Waals surface area contributed by atoms with Crippen LogP contribution < -0.4 is 0 Å². The van der Waals surface area contributed by atoms with Crippen molar-refractivity contribution in [2.24, 2.45) is 0 Å². The van der Waals surface area contributed by atoms with Gasteiger partial charge >= 0.3 is 0 Å². The average molecular weight is 144 g/mol. The lowest BCUT2D eigenvalue weighted by molar-refractivity contribution is -0.115. The van der Waals surface area contributed by atoms with Crippen LogP contribution in [-0.4, -0.2) is 11.6 Å². The van der Waals surface area contributed by atoms with Crippen molar-refractivity contribution in [2.45, 2.75) is 6.42 Å². The first kappa shape index (κ1) is 6.28. The molecule has 0 heterocycles. The van der Waals surface area contributed by atoms with Gasteiger partial charge in [-0.25, -0.2) is 5.57 Å². The molecule has 0 atom stereocenters. The Hall–Kier alpha value is -1.44. The van der Waals surface area contributed by atoms with E-state index < -0.39 is 0 Å². The first-order valence-corrected chi connectivity index (χ1v) is 3.27. The maximum atomic E-state index is 11.0. The molecule has 0 radical (unpaired) electrons. The highest BCUT2D eigenvalue weighted by molar-refractivity contribution is 6.20. The van der Waals surface area contributed by atoms with Gasteiger partial charge in [0.2, 0.25) is 0 Å². The zero-order valence-electron chi connectivity index (χ0n) is 5.68. The van der Waals surface area contributed by atoms with E-state index in [0.717, 1.165) is 0 Å². The third kappa shape index (κ3) is 0.792. The van der Waals surface area contributed by atoms with Crippen LogP contribution in [0.1, 0.15) is 6.42 Å². The molecule has 0 saturated heterocycles. The van der Waals surface area contributed by atoms with Crippen LogP contribution >= 0.6 is 0 Å². The van der Waals surface area contributed by atoms with Crippen LogP contribution in [0.5, 0.6) is 0 Å². The highest BCUT2D eigenvalue weighted by Gasteiger charge is 2.03. The van der Waals surface area contributed by atoms with Crippen LogP contribution in [0.3, 0.4) is 0 Å². The van der Waals surface area contributed by atoms with Gasteiger partial charge in [0.05, 0.1) is 5.78 Å². The zero-order valence-corrected chi connectivity index (χ0v) is 5.68. The largest absolute Gasteiger partial charge is 0.387 e. The van der Waals surface area contributed by atoms with Gasteiger partial charge in [-0.15, -0.1) is 18.6 Å². The molecule has 0 bridgehead atoms. The van der Waals surface area contributed by atoms with Crippen molar-refractivity contribution in [1.82, 2.24) is 0 Å². The Kier molecular flexibility index (Phi) is 1.15. The number of hydrogen-bond donors (Lipinski definition) is 0. The number of carbonyl (C=O) groups is 2. The van der Waals surface area contributed by atoms with E-state index in [4.69, 9.17) is 0 Å². The lowest BCUT2D eigenvalue weighted by Gasteiger charge is -2.22. The molecule has 0 aromatic carbocycles. The summed E-state index contributed by atoms with van der Waals surface area (Å²) in [5.41, 5.74) is 1.03. The molecule has 0 saturated carbocycles. The van der Waals surface area contributed by atoms with Gasteiger partial charge in [0.15, 0.2) is 0 Å². The van der Waals surface area contributed by atoms with Gasteiger partial charge < -0.3 is 9.59 Å². The summed E-state index contributed by atoms with van der Waals surface area (Å²) in [6.45, 7) is 0. The van der Waals surface area contributed by atoms with Crippen molar-refractivity contribution in [3.05, 3.63) is 35.5 Å². The molecule has 2 rings (SSSR count). The topological polar surface area (TPSA) is 34.1 Å². The van der Waals surface area contributed by atoms with Crippen molar-refractivity contribution >= 4 is 11.6 Å². The lowest BCUT2D eigenvalue weighted by Crippen LogP contribution is -2.10. The first-order chi connectivity index (χ1) is 5.29. The van der Waals surface area contributed by atoms with E-state index in [-0.39, 0.29) is 11.6 Å². The van der Waals surface area contributed by atoms with Gasteiger partial charge in [0.25, 0.3) is 0 Å². The minimum absolute atomic E-state index is 0.135. The summed E-state index contributed by atoms with van der Waals surface area (Å²) < 4.78 is 0. The number of carbonyl (C=O) groups excluding carboxylic acids is 2. The Labute approximate surface area is 63.9 Å². The van der Waals surface area contributed by atoms with Crippen LogP contribution in [0.15, 0.2) is 23.3 Å². The third-order valence-corrected chi connectivity index (χ3v) is 1.72. The van der Waals surface area contributed by atoms with Crippen molar-refractivity contribution in [3.63, 3.8) is 0 Å². The molecule has 2 aliphatic carbocycles. The normalized spacial score (nSPS) is 21.5. The Balaban J connectivity index is 2.52. The molecule has 0 aromatic heterocycles. The molecule has 54 valence electrons. The monoisotopic (exact) mass is 144 g/mol. The summed E-state index contributed by atoms with van der Waals surface area (Å²) in [5.74, 6) is -0.314. The molecule has 0 aromatic rings. The fraction of sp³-hybridized carbons (Fsp3) is 0.111. The predicted molar refractivity (Wildman–Crippen MR) is 37.3 cm³/mol. The minimum Gasteiger partial charge on any atom is -0.387 e. The molecule has 0 unspecified atom stereocenters. The van der Waals surface area contributed by atoms with E-state index in [9.17, 15) is 9.59 Å². The van der Waals surface area contributed by atoms with Crippen LogP contribution in [0.2, 0.25) is 0 Å². The van der Waals surface area contributed by atoms with Crippen LogP contribution in [-0.2, 0) is 9.59 Å². The maximum Gasteiger partial charge on any atom is 0.0530 e. The van der Waals surface area contributed by atoms with Gasteiger partial charge in [0, 0.05) is 0 Å². The zero-order chi connectivity index (χ0) is 7.84. The summed E-state index contributed by atoms with van der Waals surface area (Å²) in [6, 6.07) is 0. The third-order valence-electron chi connectivity index (χ3n) is 1.72. The van der Waals surface area contributed by atoms with E-state index in [1.54, 1.807) is 6.08 Å². The molecule has 0 aliphatic heterocycles. The first-order valence-electron chi connectivity index (χ1n) is 3.27. The van der Waals surface area contributed by atoms with Gasteiger partial charge in [-0.2, -0.15) is 5.57 Å². The van der Waals surface area contributed by atoms with E-state index >= 15 is 0 Å². The summed E-state index contributed by atoms with van der Waals surface area (Å²) in [7, 11) is 0. The number of ketones is 2. The van der Waals surface area contributed by atoms with Crippen molar-refractivity contribution < 1.29 is 9.59 Å². The van der Waals surface area contributed by atoms with E-state index in [1.165, 1.54) is 6.08 Å².